The molecule has 0 aliphatic carbocycles. The molecule has 0 radical (unpaired) electrons. The van der Waals surface area contributed by atoms with E-state index in [1.54, 1.807) is 0 Å². The Morgan fingerprint density at radius 1 is 0.556 bits per heavy atom. The molecule has 0 saturated carbocycles. The van der Waals surface area contributed by atoms with Crippen LogP contribution in [-0.4, -0.2) is 59.9 Å². The second kappa shape index (κ2) is 37.9. The van der Waals surface area contributed by atoms with Crippen molar-refractivity contribution >= 4 is 25.7 Å². The van der Waals surface area contributed by atoms with Crippen molar-refractivity contribution in [3.63, 3.8) is 0 Å². The molecule has 0 saturated heterocycles. The van der Waals surface area contributed by atoms with Crippen LogP contribution in [0.5, 0.6) is 0 Å². The smallest absolute Gasteiger partial charge is 0.472 e. The molecule has 1 unspecified atom stereocenters. The number of esters is 2. The number of ether oxygens (including phenoxy) is 2. The van der Waals surface area contributed by atoms with Crippen LogP contribution in [0.1, 0.15) is 194 Å². The number of phosphoric ester groups is 1. The summed E-state index contributed by atoms with van der Waals surface area (Å²) in [4.78, 5) is 45.9. The highest BCUT2D eigenvalue weighted by molar-refractivity contribution is 7.47. The molecule has 0 fully saturated rings. The van der Waals surface area contributed by atoms with E-state index in [2.05, 4.69) is 42.7 Å². The second-order valence-electron chi connectivity index (χ2n) is 14.5. The van der Waals surface area contributed by atoms with E-state index < -0.39 is 51.1 Å². The molecule has 11 nitrogen and oxygen atoms in total. The van der Waals surface area contributed by atoms with Crippen LogP contribution in [0.2, 0.25) is 0 Å². The molecule has 0 aromatic heterocycles. The van der Waals surface area contributed by atoms with Crippen LogP contribution in [0.25, 0.3) is 0 Å². The number of carbonyl (C=O) groups excluding carboxylic acids is 2. The Labute approximate surface area is 328 Å². The molecule has 0 aliphatic heterocycles. The van der Waals surface area contributed by atoms with Gasteiger partial charge in [0.1, 0.15) is 12.6 Å². The van der Waals surface area contributed by atoms with Crippen molar-refractivity contribution in [3.05, 3.63) is 24.3 Å². The summed E-state index contributed by atoms with van der Waals surface area (Å²) in [6.07, 6.45) is 38.1. The number of unbranched alkanes of at least 4 members (excludes halogenated alkanes) is 22. The Balaban J connectivity index is 4.40. The summed E-state index contributed by atoms with van der Waals surface area (Å²) in [7, 11) is -4.71. The van der Waals surface area contributed by atoms with Gasteiger partial charge >= 0.3 is 25.7 Å². The van der Waals surface area contributed by atoms with E-state index in [0.717, 1.165) is 77.0 Å². The van der Waals surface area contributed by atoms with Gasteiger partial charge in [-0.25, -0.2) is 4.57 Å². The maximum Gasteiger partial charge on any atom is 0.472 e. The van der Waals surface area contributed by atoms with Gasteiger partial charge < -0.3 is 25.2 Å². The molecule has 0 aromatic rings. The monoisotopic (exact) mass is 788 g/mol. The van der Waals surface area contributed by atoms with E-state index in [-0.39, 0.29) is 19.4 Å². The standard InChI is InChI=1S/C42H78NO10P/c1-3-5-7-9-11-13-15-17-19-21-23-25-27-29-31-33-40(44)50-35-38(36-51-54(48,49)52-37-39(43)42(46)47)53-41(45)34-32-30-28-26-24-22-20-18-16-14-12-10-8-6-4-2/h17-20,38-39H,3-16,21-37,43H2,1-2H3,(H,46,47)(H,48,49)/t38-,39+/m1/s1. The van der Waals surface area contributed by atoms with Crippen molar-refractivity contribution in [2.24, 2.45) is 5.73 Å². The highest BCUT2D eigenvalue weighted by atomic mass is 31.2. The number of hydrogen-bond donors (Lipinski definition) is 3. The van der Waals surface area contributed by atoms with Crippen LogP contribution >= 0.6 is 7.82 Å². The van der Waals surface area contributed by atoms with E-state index in [1.165, 1.54) is 77.0 Å². The number of nitrogens with two attached hydrogens (primary N) is 1. The Hall–Kier alpha value is -2.04. The molecule has 3 atom stereocenters. The molecule has 316 valence electrons. The number of allylic oxidation sites excluding steroid dienone is 4. The fourth-order valence-corrected chi connectivity index (χ4v) is 6.54. The van der Waals surface area contributed by atoms with Gasteiger partial charge in [-0.1, -0.05) is 141 Å². The number of hydrogen-bond acceptors (Lipinski definition) is 9. The van der Waals surface area contributed by atoms with Crippen molar-refractivity contribution in [1.82, 2.24) is 0 Å². The van der Waals surface area contributed by atoms with E-state index in [9.17, 15) is 23.8 Å². The SMILES string of the molecule is CCCCCCCCC=CCCCCCCCC(=O)OC[C@H](COP(=O)(O)OC[C@H](N)C(=O)O)OC(=O)CCCCCCCC=CCCCCCCCC. The minimum atomic E-state index is -4.71. The third kappa shape index (κ3) is 36.9. The maximum atomic E-state index is 12.6. The average Bonchev–Trinajstić information content (AvgIpc) is 3.14. The van der Waals surface area contributed by atoms with E-state index >= 15 is 0 Å². The Bertz CT molecular complexity index is 1020. The lowest BCUT2D eigenvalue weighted by atomic mass is 10.1. The van der Waals surface area contributed by atoms with Crippen LogP contribution in [0.15, 0.2) is 24.3 Å². The molecule has 0 bridgehead atoms. The first-order valence-corrected chi connectivity index (χ1v) is 22.9. The summed E-state index contributed by atoms with van der Waals surface area (Å²) in [5.74, 6) is -2.39. The Kier molecular flexibility index (Phi) is 36.4. The van der Waals surface area contributed by atoms with Crippen molar-refractivity contribution in [2.75, 3.05) is 19.8 Å². The summed E-state index contributed by atoms with van der Waals surface area (Å²) < 4.78 is 32.6. The van der Waals surface area contributed by atoms with Crippen LogP contribution in [0.3, 0.4) is 0 Å². The van der Waals surface area contributed by atoms with E-state index in [0.29, 0.717) is 12.8 Å². The number of carboxylic acid groups (broad SMARTS) is 1. The fraction of sp³-hybridized carbons (Fsp3) is 0.833. The molecule has 0 aliphatic rings. The molecule has 4 N–H and O–H groups in total. The number of carboxylic acids is 1. The largest absolute Gasteiger partial charge is 0.480 e. The maximum absolute atomic E-state index is 12.6. The van der Waals surface area contributed by atoms with Crippen molar-refractivity contribution in [2.45, 2.75) is 206 Å². The zero-order valence-corrected chi connectivity index (χ0v) is 35.0. The summed E-state index contributed by atoms with van der Waals surface area (Å²) in [5, 5.41) is 8.88. The van der Waals surface area contributed by atoms with E-state index in [1.807, 2.05) is 0 Å². The number of phosphoric acid groups is 1. The minimum absolute atomic E-state index is 0.151. The first kappa shape index (κ1) is 52.0. The van der Waals surface area contributed by atoms with Crippen LogP contribution in [0.4, 0.5) is 0 Å². The number of carbonyl (C=O) groups is 3. The third-order valence-corrected chi connectivity index (χ3v) is 10.1. The number of rotatable bonds is 40. The number of aliphatic carboxylic acids is 1. The topological polar surface area (TPSA) is 172 Å². The predicted molar refractivity (Wildman–Crippen MR) is 217 cm³/mol. The van der Waals surface area contributed by atoms with Gasteiger partial charge in [0.05, 0.1) is 13.2 Å². The quantitative estimate of drug-likeness (QED) is 0.0233. The van der Waals surface area contributed by atoms with Gasteiger partial charge in [-0.15, -0.1) is 0 Å². The van der Waals surface area contributed by atoms with Crippen molar-refractivity contribution < 1.29 is 47.5 Å². The van der Waals surface area contributed by atoms with Crippen molar-refractivity contribution in [3.8, 4) is 0 Å². The van der Waals surface area contributed by atoms with Gasteiger partial charge in [-0.2, -0.15) is 0 Å². The third-order valence-electron chi connectivity index (χ3n) is 9.17. The molecule has 54 heavy (non-hydrogen) atoms. The van der Waals surface area contributed by atoms with Crippen LogP contribution < -0.4 is 5.73 Å². The summed E-state index contributed by atoms with van der Waals surface area (Å²) >= 11 is 0. The summed E-state index contributed by atoms with van der Waals surface area (Å²) in [6.45, 7) is 2.78. The highest BCUT2D eigenvalue weighted by Crippen LogP contribution is 2.43. The zero-order chi connectivity index (χ0) is 40.0. The first-order valence-electron chi connectivity index (χ1n) is 21.4. The summed E-state index contributed by atoms with van der Waals surface area (Å²) in [6, 6.07) is -1.52. The Morgan fingerprint density at radius 2 is 0.926 bits per heavy atom. The normalized spacial score (nSPS) is 14.0. The lowest BCUT2D eigenvalue weighted by molar-refractivity contribution is -0.161. The van der Waals surface area contributed by atoms with Gasteiger partial charge in [-0.3, -0.25) is 23.4 Å². The van der Waals surface area contributed by atoms with Crippen LogP contribution in [0, 0.1) is 0 Å². The highest BCUT2D eigenvalue weighted by Gasteiger charge is 2.28. The summed E-state index contributed by atoms with van der Waals surface area (Å²) in [5.41, 5.74) is 5.33. The molecule has 0 heterocycles. The van der Waals surface area contributed by atoms with E-state index in [4.69, 9.17) is 24.8 Å². The molecular weight excluding hydrogens is 709 g/mol. The molecule has 0 amide bonds. The molecular formula is C42H78NO10P. The second-order valence-corrected chi connectivity index (χ2v) is 15.9. The molecule has 0 rings (SSSR count). The first-order chi connectivity index (χ1) is 26.1. The van der Waals surface area contributed by atoms with Gasteiger partial charge in [0.25, 0.3) is 0 Å². The van der Waals surface area contributed by atoms with Gasteiger partial charge in [0, 0.05) is 12.8 Å². The Morgan fingerprint density at radius 3 is 1.35 bits per heavy atom. The van der Waals surface area contributed by atoms with Gasteiger partial charge in [-0.05, 0) is 64.2 Å². The predicted octanol–water partition coefficient (Wildman–Crippen LogP) is 11.1. The minimum Gasteiger partial charge on any atom is -0.480 e. The van der Waals surface area contributed by atoms with Gasteiger partial charge in [0.2, 0.25) is 0 Å². The fourth-order valence-electron chi connectivity index (χ4n) is 5.76. The molecule has 0 spiro atoms. The lowest BCUT2D eigenvalue weighted by Crippen LogP contribution is -2.34. The molecule has 12 heteroatoms. The zero-order valence-electron chi connectivity index (χ0n) is 34.1. The molecule has 0 aromatic carbocycles. The van der Waals surface area contributed by atoms with Gasteiger partial charge in [0.15, 0.2) is 6.10 Å². The van der Waals surface area contributed by atoms with Crippen LogP contribution in [-0.2, 0) is 37.5 Å². The lowest BCUT2D eigenvalue weighted by Gasteiger charge is -2.20. The average molecular weight is 788 g/mol. The van der Waals surface area contributed by atoms with Crippen molar-refractivity contribution in [1.29, 1.82) is 0 Å².